The van der Waals surface area contributed by atoms with Gasteiger partial charge in [-0.25, -0.2) is 0 Å². The van der Waals surface area contributed by atoms with Crippen molar-refractivity contribution in [3.05, 3.63) is 0 Å². The van der Waals surface area contributed by atoms with Crippen molar-refractivity contribution >= 4 is 5.91 Å². The second-order valence-electron chi connectivity index (χ2n) is 6.51. The molecule has 1 rings (SSSR count). The van der Waals surface area contributed by atoms with E-state index >= 15 is 0 Å². The average molecular weight is 240 g/mol. The lowest BCUT2D eigenvalue weighted by Gasteiger charge is -2.31. The molecule has 3 heteroatoms. The summed E-state index contributed by atoms with van der Waals surface area (Å²) < 4.78 is 0. The summed E-state index contributed by atoms with van der Waals surface area (Å²) in [6, 6.07) is 0.0256. The van der Waals surface area contributed by atoms with E-state index in [9.17, 15) is 4.79 Å². The monoisotopic (exact) mass is 240 g/mol. The van der Waals surface area contributed by atoms with Crippen molar-refractivity contribution in [2.45, 2.75) is 66.6 Å². The molecule has 1 saturated heterocycles. The third kappa shape index (κ3) is 3.70. The normalized spacial score (nSPS) is 26.1. The van der Waals surface area contributed by atoms with Gasteiger partial charge in [0.15, 0.2) is 0 Å². The highest BCUT2D eigenvalue weighted by atomic mass is 16.2. The molecule has 0 saturated carbocycles. The molecule has 1 fully saturated rings. The number of nitrogens with zero attached hydrogens (tertiary/aromatic N) is 1. The van der Waals surface area contributed by atoms with Crippen molar-refractivity contribution in [1.82, 2.24) is 10.2 Å². The van der Waals surface area contributed by atoms with Gasteiger partial charge in [0.05, 0.1) is 12.2 Å². The Kier molecular flexibility index (Phi) is 4.59. The molecule has 1 N–H and O–H groups in total. The number of hydrogen-bond acceptors (Lipinski definition) is 2. The number of nitrogens with one attached hydrogen (secondary N) is 1. The Bertz CT molecular complexity index is 273. The first-order valence-corrected chi connectivity index (χ1v) is 6.83. The molecular weight excluding hydrogens is 212 g/mol. The van der Waals surface area contributed by atoms with E-state index in [1.54, 1.807) is 0 Å². The van der Waals surface area contributed by atoms with Crippen molar-refractivity contribution in [3.8, 4) is 0 Å². The minimum atomic E-state index is 0.0256. The quantitative estimate of drug-likeness (QED) is 0.801. The Morgan fingerprint density at radius 3 is 2.47 bits per heavy atom. The van der Waals surface area contributed by atoms with Gasteiger partial charge in [0, 0.05) is 6.54 Å². The molecule has 1 aliphatic rings. The fourth-order valence-corrected chi connectivity index (χ4v) is 2.27. The van der Waals surface area contributed by atoms with Crippen LogP contribution in [0.1, 0.15) is 54.4 Å². The zero-order chi connectivity index (χ0) is 13.2. The zero-order valence-corrected chi connectivity index (χ0v) is 12.2. The van der Waals surface area contributed by atoms with Crippen LogP contribution in [0, 0.1) is 11.3 Å². The Balaban J connectivity index is 2.66. The summed E-state index contributed by atoms with van der Waals surface area (Å²) >= 11 is 0. The fourth-order valence-electron chi connectivity index (χ4n) is 2.27. The molecule has 2 unspecified atom stereocenters. The second-order valence-corrected chi connectivity index (χ2v) is 6.51. The van der Waals surface area contributed by atoms with Crippen molar-refractivity contribution < 1.29 is 4.79 Å². The summed E-state index contributed by atoms with van der Waals surface area (Å²) in [5.41, 5.74) is 0.207. The van der Waals surface area contributed by atoms with Crippen LogP contribution in [-0.4, -0.2) is 29.6 Å². The first kappa shape index (κ1) is 14.5. The Morgan fingerprint density at radius 1 is 1.41 bits per heavy atom. The summed E-state index contributed by atoms with van der Waals surface area (Å²) in [5.74, 6) is 0.843. The van der Waals surface area contributed by atoms with Crippen LogP contribution in [0.4, 0.5) is 0 Å². The largest absolute Gasteiger partial charge is 0.326 e. The van der Waals surface area contributed by atoms with Gasteiger partial charge in [-0.15, -0.1) is 0 Å². The molecule has 1 amide bonds. The average Bonchev–Trinajstić information content (AvgIpc) is 2.45. The summed E-state index contributed by atoms with van der Waals surface area (Å²) in [6.45, 7) is 13.9. The second kappa shape index (κ2) is 5.38. The molecule has 0 bridgehead atoms. The van der Waals surface area contributed by atoms with E-state index in [-0.39, 0.29) is 23.5 Å². The highest BCUT2D eigenvalue weighted by molar-refractivity contribution is 5.84. The van der Waals surface area contributed by atoms with Crippen molar-refractivity contribution in [3.63, 3.8) is 0 Å². The van der Waals surface area contributed by atoms with E-state index in [1.807, 2.05) is 4.90 Å². The molecule has 1 aliphatic heterocycles. The molecule has 0 aromatic carbocycles. The van der Waals surface area contributed by atoms with Crippen molar-refractivity contribution in [2.75, 3.05) is 6.54 Å². The summed E-state index contributed by atoms with van der Waals surface area (Å²) in [6.07, 6.45) is 2.21. The number of rotatable bonds is 5. The molecule has 0 aliphatic carbocycles. The third-order valence-electron chi connectivity index (χ3n) is 3.75. The Morgan fingerprint density at radius 2 is 2.00 bits per heavy atom. The van der Waals surface area contributed by atoms with E-state index in [4.69, 9.17) is 0 Å². The van der Waals surface area contributed by atoms with E-state index in [0.29, 0.717) is 5.92 Å². The van der Waals surface area contributed by atoms with Crippen molar-refractivity contribution in [1.29, 1.82) is 0 Å². The number of carbonyl (C=O) groups excluding carboxylic acids is 1. The minimum absolute atomic E-state index is 0.0256. The van der Waals surface area contributed by atoms with Gasteiger partial charge in [0.1, 0.15) is 0 Å². The number of carbonyl (C=O) groups is 1. The lowest BCUT2D eigenvalue weighted by Crippen LogP contribution is -2.41. The molecule has 0 aromatic rings. The van der Waals surface area contributed by atoms with Gasteiger partial charge in [-0.1, -0.05) is 34.6 Å². The Hall–Kier alpha value is -0.570. The van der Waals surface area contributed by atoms with E-state index < -0.39 is 0 Å². The summed E-state index contributed by atoms with van der Waals surface area (Å²) in [5, 5.41) is 3.41. The molecule has 2 atom stereocenters. The van der Waals surface area contributed by atoms with Crippen LogP contribution in [0.25, 0.3) is 0 Å². The van der Waals surface area contributed by atoms with Crippen LogP contribution in [0.5, 0.6) is 0 Å². The van der Waals surface area contributed by atoms with Crippen LogP contribution in [0.15, 0.2) is 0 Å². The molecule has 17 heavy (non-hydrogen) atoms. The van der Waals surface area contributed by atoms with Crippen LogP contribution in [0.3, 0.4) is 0 Å². The van der Waals surface area contributed by atoms with E-state index in [2.05, 4.69) is 46.9 Å². The SMILES string of the molecule is CCC(C)(C)CN1C(=O)C(CC(C)C)NC1C. The maximum atomic E-state index is 12.3. The van der Waals surface area contributed by atoms with E-state index in [0.717, 1.165) is 19.4 Å². The van der Waals surface area contributed by atoms with Crippen LogP contribution < -0.4 is 5.32 Å². The molecule has 0 spiro atoms. The predicted octanol–water partition coefficient (Wildman–Crippen LogP) is 2.62. The maximum Gasteiger partial charge on any atom is 0.241 e. The molecule has 1 heterocycles. The highest BCUT2D eigenvalue weighted by Crippen LogP contribution is 2.25. The topological polar surface area (TPSA) is 32.3 Å². The Labute approximate surface area is 106 Å². The summed E-state index contributed by atoms with van der Waals surface area (Å²) in [4.78, 5) is 14.3. The predicted molar refractivity (Wildman–Crippen MR) is 71.6 cm³/mol. The first-order valence-electron chi connectivity index (χ1n) is 6.83. The lowest BCUT2D eigenvalue weighted by atomic mass is 9.89. The molecule has 100 valence electrons. The van der Waals surface area contributed by atoms with Gasteiger partial charge < -0.3 is 4.90 Å². The first-order chi connectivity index (χ1) is 7.76. The minimum Gasteiger partial charge on any atom is -0.326 e. The third-order valence-corrected chi connectivity index (χ3v) is 3.75. The fraction of sp³-hybridized carbons (Fsp3) is 0.929. The maximum absolute atomic E-state index is 12.3. The van der Waals surface area contributed by atoms with Gasteiger partial charge in [-0.05, 0) is 31.1 Å². The highest BCUT2D eigenvalue weighted by Gasteiger charge is 2.38. The lowest BCUT2D eigenvalue weighted by molar-refractivity contribution is -0.131. The van der Waals surface area contributed by atoms with Gasteiger partial charge in [0.2, 0.25) is 5.91 Å². The van der Waals surface area contributed by atoms with Gasteiger partial charge in [0.25, 0.3) is 0 Å². The molecular formula is C14H28N2O. The number of amides is 1. The standard InChI is InChI=1S/C14H28N2O/c1-7-14(5,6)9-16-11(4)15-12(13(16)17)8-10(2)3/h10-12,15H,7-9H2,1-6H3. The van der Waals surface area contributed by atoms with Crippen LogP contribution in [-0.2, 0) is 4.79 Å². The van der Waals surface area contributed by atoms with Gasteiger partial charge in [-0.2, -0.15) is 0 Å². The van der Waals surface area contributed by atoms with Gasteiger partial charge >= 0.3 is 0 Å². The summed E-state index contributed by atoms with van der Waals surface area (Å²) in [7, 11) is 0. The van der Waals surface area contributed by atoms with E-state index in [1.165, 1.54) is 0 Å². The van der Waals surface area contributed by atoms with Crippen molar-refractivity contribution in [2.24, 2.45) is 11.3 Å². The van der Waals surface area contributed by atoms with Crippen LogP contribution >= 0.6 is 0 Å². The van der Waals surface area contributed by atoms with Gasteiger partial charge in [-0.3, -0.25) is 10.1 Å². The molecule has 0 radical (unpaired) electrons. The zero-order valence-electron chi connectivity index (χ0n) is 12.2. The molecule has 3 nitrogen and oxygen atoms in total. The smallest absolute Gasteiger partial charge is 0.241 e. The molecule has 0 aromatic heterocycles. The number of hydrogen-bond donors (Lipinski definition) is 1. The van der Waals surface area contributed by atoms with Crippen LogP contribution in [0.2, 0.25) is 0 Å².